The van der Waals surface area contributed by atoms with E-state index < -0.39 is 24.1 Å². The Labute approximate surface area is 132 Å². The fraction of sp³-hybridized carbons (Fsp3) is 0.867. The second kappa shape index (κ2) is 9.57. The van der Waals surface area contributed by atoms with Crippen molar-refractivity contribution in [3.8, 4) is 0 Å². The second-order valence-corrected chi connectivity index (χ2v) is 5.05. The van der Waals surface area contributed by atoms with Crippen molar-refractivity contribution in [1.82, 2.24) is 0 Å². The Balaban J connectivity index is 3.16. The zero-order valence-corrected chi connectivity index (χ0v) is 13.8. The molecule has 130 valence electrons. The van der Waals surface area contributed by atoms with Gasteiger partial charge in [0.05, 0.1) is 19.8 Å². The van der Waals surface area contributed by atoms with E-state index in [1.54, 1.807) is 34.5 Å². The molecule has 0 bridgehead atoms. The molecule has 0 saturated carbocycles. The zero-order valence-electron chi connectivity index (χ0n) is 13.8. The quantitative estimate of drug-likeness (QED) is 0.582. The number of aliphatic hydroxyl groups excluding tert-OH is 1. The molecule has 0 spiro atoms. The molecular weight excluding hydrogens is 292 g/mol. The lowest BCUT2D eigenvalue weighted by atomic mass is 9.90. The third kappa shape index (κ3) is 4.05. The van der Waals surface area contributed by atoms with E-state index in [1.165, 1.54) is 0 Å². The lowest BCUT2D eigenvalue weighted by Crippen LogP contribution is -2.67. The summed E-state index contributed by atoms with van der Waals surface area (Å²) in [4.78, 5) is 0. The van der Waals surface area contributed by atoms with E-state index >= 15 is 0 Å². The molecule has 1 fully saturated rings. The first kappa shape index (κ1) is 19.5. The van der Waals surface area contributed by atoms with Crippen molar-refractivity contribution in [1.29, 1.82) is 0 Å². The zero-order chi connectivity index (χ0) is 16.6. The van der Waals surface area contributed by atoms with E-state index in [0.717, 1.165) is 0 Å². The molecule has 1 aliphatic rings. The minimum Gasteiger partial charge on any atom is -0.394 e. The van der Waals surface area contributed by atoms with E-state index in [4.69, 9.17) is 33.5 Å². The first-order valence-electron chi connectivity index (χ1n) is 7.24. The number of ether oxygens (including phenoxy) is 6. The summed E-state index contributed by atoms with van der Waals surface area (Å²) >= 11 is 0. The molecule has 5 atom stereocenters. The SMILES string of the molecule is C=CC[C@@]1(OCCO)O[C@H](COC)[C@@H](OC)[C@H](OC)[C@H]1OC. The highest BCUT2D eigenvalue weighted by Gasteiger charge is 2.56. The standard InChI is InChI=1S/C15H28O7/c1-6-7-15(21-9-8-16)14(20-5)13(19-4)12(18-3)11(22-15)10-17-2/h6,11-14,16H,1,7-10H2,2-5H3/t11-,12-,13+,14-,15-/m1/s1. The van der Waals surface area contributed by atoms with Gasteiger partial charge < -0.3 is 33.5 Å². The maximum atomic E-state index is 9.10. The third-order valence-corrected chi connectivity index (χ3v) is 3.77. The van der Waals surface area contributed by atoms with Crippen LogP contribution in [0.1, 0.15) is 6.42 Å². The molecule has 1 N–H and O–H groups in total. The van der Waals surface area contributed by atoms with Gasteiger partial charge in [-0.3, -0.25) is 0 Å². The van der Waals surface area contributed by atoms with Crippen LogP contribution in [-0.2, 0) is 28.4 Å². The maximum absolute atomic E-state index is 9.10. The van der Waals surface area contributed by atoms with Gasteiger partial charge in [-0.2, -0.15) is 0 Å². The van der Waals surface area contributed by atoms with Crippen LogP contribution < -0.4 is 0 Å². The van der Waals surface area contributed by atoms with Crippen molar-refractivity contribution in [2.24, 2.45) is 0 Å². The highest BCUT2D eigenvalue weighted by molar-refractivity contribution is 5.02. The van der Waals surface area contributed by atoms with Gasteiger partial charge in [0.1, 0.15) is 24.4 Å². The highest BCUT2D eigenvalue weighted by atomic mass is 16.7. The molecule has 1 rings (SSSR count). The van der Waals surface area contributed by atoms with Crippen LogP contribution in [0.3, 0.4) is 0 Å². The summed E-state index contributed by atoms with van der Waals surface area (Å²) in [6, 6.07) is 0. The third-order valence-electron chi connectivity index (χ3n) is 3.77. The van der Waals surface area contributed by atoms with Crippen molar-refractivity contribution in [3.63, 3.8) is 0 Å². The minimum atomic E-state index is -1.11. The Bertz CT molecular complexity index is 325. The predicted molar refractivity (Wildman–Crippen MR) is 79.7 cm³/mol. The van der Waals surface area contributed by atoms with Gasteiger partial charge in [-0.15, -0.1) is 6.58 Å². The predicted octanol–water partition coefficient (Wildman–Crippen LogP) is 0.358. The van der Waals surface area contributed by atoms with Crippen LogP contribution in [-0.4, -0.2) is 83.6 Å². The first-order valence-corrected chi connectivity index (χ1v) is 7.24. The smallest absolute Gasteiger partial charge is 0.201 e. The molecule has 0 amide bonds. The summed E-state index contributed by atoms with van der Waals surface area (Å²) in [5.74, 6) is -1.11. The fourth-order valence-electron chi connectivity index (χ4n) is 2.93. The van der Waals surface area contributed by atoms with Crippen LogP contribution in [0.15, 0.2) is 12.7 Å². The molecule has 1 heterocycles. The molecule has 7 heteroatoms. The average Bonchev–Trinajstić information content (AvgIpc) is 2.52. The molecule has 0 aliphatic carbocycles. The second-order valence-electron chi connectivity index (χ2n) is 5.05. The van der Waals surface area contributed by atoms with Crippen molar-refractivity contribution in [3.05, 3.63) is 12.7 Å². The van der Waals surface area contributed by atoms with Crippen LogP contribution in [0, 0.1) is 0 Å². The van der Waals surface area contributed by atoms with E-state index in [1.807, 2.05) is 0 Å². The number of aliphatic hydroxyl groups is 1. The summed E-state index contributed by atoms with van der Waals surface area (Å²) in [5, 5.41) is 9.10. The number of rotatable bonds is 10. The topological polar surface area (TPSA) is 75.6 Å². The molecule has 1 saturated heterocycles. The molecule has 7 nitrogen and oxygen atoms in total. The van der Waals surface area contributed by atoms with E-state index in [0.29, 0.717) is 13.0 Å². The minimum absolute atomic E-state index is 0.113. The summed E-state index contributed by atoms with van der Waals surface area (Å²) in [5.41, 5.74) is 0. The summed E-state index contributed by atoms with van der Waals surface area (Å²) in [6.07, 6.45) is 0.341. The Morgan fingerprint density at radius 1 is 1.14 bits per heavy atom. The molecule has 0 aromatic rings. The van der Waals surface area contributed by atoms with Crippen LogP contribution >= 0.6 is 0 Å². The normalized spacial score (nSPS) is 35.5. The Morgan fingerprint density at radius 3 is 2.27 bits per heavy atom. The van der Waals surface area contributed by atoms with Gasteiger partial charge in [-0.1, -0.05) is 6.08 Å². The molecule has 1 aliphatic heterocycles. The van der Waals surface area contributed by atoms with Crippen molar-refractivity contribution in [2.45, 2.75) is 36.6 Å². The van der Waals surface area contributed by atoms with E-state index in [9.17, 15) is 0 Å². The summed E-state index contributed by atoms with van der Waals surface area (Å²) in [7, 11) is 6.32. The van der Waals surface area contributed by atoms with Gasteiger partial charge in [0.15, 0.2) is 0 Å². The van der Waals surface area contributed by atoms with Gasteiger partial charge in [-0.05, 0) is 0 Å². The monoisotopic (exact) mass is 320 g/mol. The van der Waals surface area contributed by atoms with Crippen molar-refractivity contribution in [2.75, 3.05) is 48.3 Å². The number of methoxy groups -OCH3 is 4. The van der Waals surface area contributed by atoms with Gasteiger partial charge >= 0.3 is 0 Å². The van der Waals surface area contributed by atoms with Crippen LogP contribution in [0.2, 0.25) is 0 Å². The molecule has 0 aromatic heterocycles. The van der Waals surface area contributed by atoms with Crippen LogP contribution in [0.25, 0.3) is 0 Å². The lowest BCUT2D eigenvalue weighted by Gasteiger charge is -2.51. The Morgan fingerprint density at radius 2 is 1.82 bits per heavy atom. The number of hydrogen-bond donors (Lipinski definition) is 1. The fourth-order valence-corrected chi connectivity index (χ4v) is 2.93. The summed E-state index contributed by atoms with van der Waals surface area (Å²) in [6.45, 7) is 4.06. The van der Waals surface area contributed by atoms with Crippen LogP contribution in [0.5, 0.6) is 0 Å². The maximum Gasteiger partial charge on any atom is 0.201 e. The molecular formula is C15H28O7. The largest absolute Gasteiger partial charge is 0.394 e. The number of hydrogen-bond acceptors (Lipinski definition) is 7. The molecule has 0 unspecified atom stereocenters. The Kier molecular flexibility index (Phi) is 8.48. The van der Waals surface area contributed by atoms with Gasteiger partial charge in [0, 0.05) is 34.9 Å². The van der Waals surface area contributed by atoms with Crippen molar-refractivity contribution < 1.29 is 33.5 Å². The van der Waals surface area contributed by atoms with Gasteiger partial charge in [0.2, 0.25) is 5.79 Å². The average molecular weight is 320 g/mol. The van der Waals surface area contributed by atoms with E-state index in [-0.39, 0.29) is 19.3 Å². The van der Waals surface area contributed by atoms with E-state index in [2.05, 4.69) is 6.58 Å². The summed E-state index contributed by atoms with van der Waals surface area (Å²) < 4.78 is 33.9. The van der Waals surface area contributed by atoms with Crippen molar-refractivity contribution >= 4 is 0 Å². The first-order chi connectivity index (χ1) is 10.6. The van der Waals surface area contributed by atoms with Crippen LogP contribution in [0.4, 0.5) is 0 Å². The molecule has 0 aromatic carbocycles. The van der Waals surface area contributed by atoms with Gasteiger partial charge in [0.25, 0.3) is 0 Å². The molecule has 0 radical (unpaired) electrons. The van der Waals surface area contributed by atoms with Gasteiger partial charge in [-0.25, -0.2) is 0 Å². The lowest BCUT2D eigenvalue weighted by molar-refractivity contribution is -0.372. The highest BCUT2D eigenvalue weighted by Crippen LogP contribution is 2.38. The Hall–Kier alpha value is -0.540. The molecule has 22 heavy (non-hydrogen) atoms.